The second-order valence-electron chi connectivity index (χ2n) is 6.00. The van der Waals surface area contributed by atoms with Crippen LogP contribution < -0.4 is 0 Å². The first kappa shape index (κ1) is 16.1. The van der Waals surface area contributed by atoms with Gasteiger partial charge in [0.2, 0.25) is 5.95 Å². The van der Waals surface area contributed by atoms with Crippen molar-refractivity contribution in [1.82, 2.24) is 14.3 Å². The Morgan fingerprint density at radius 2 is 1.84 bits per heavy atom. The number of fused-ring (bicyclic) bond motifs is 1. The van der Waals surface area contributed by atoms with Gasteiger partial charge in [0.15, 0.2) is 11.6 Å². The summed E-state index contributed by atoms with van der Waals surface area (Å²) < 4.78 is 48.2. The average Bonchev–Trinajstić information content (AvgIpc) is 2.96. The molecule has 0 N–H and O–H groups in total. The molecule has 1 aliphatic heterocycles. The van der Waals surface area contributed by atoms with Crippen LogP contribution in [0.25, 0.3) is 16.9 Å². The molecule has 130 valence electrons. The molecule has 0 bridgehead atoms. The Kier molecular flexibility index (Phi) is 4.19. The number of benzene rings is 1. The number of halogens is 3. The van der Waals surface area contributed by atoms with Gasteiger partial charge in [-0.05, 0) is 29.8 Å². The Bertz CT molecular complexity index is 919. The number of nitrogens with zero attached hydrogens (tertiary/aromatic N) is 3. The molecule has 25 heavy (non-hydrogen) atoms. The summed E-state index contributed by atoms with van der Waals surface area (Å²) in [6.45, 7) is 3.46. The van der Waals surface area contributed by atoms with Gasteiger partial charge in [0.05, 0.1) is 13.2 Å². The predicted octanol–water partition coefficient (Wildman–Crippen LogP) is 3.25. The highest BCUT2D eigenvalue weighted by atomic mass is 19.2. The third kappa shape index (κ3) is 3.01. The highest BCUT2D eigenvalue weighted by Crippen LogP contribution is 2.26. The maximum atomic E-state index is 14.5. The van der Waals surface area contributed by atoms with Crippen molar-refractivity contribution >= 4 is 5.52 Å². The van der Waals surface area contributed by atoms with Crippen LogP contribution >= 0.6 is 0 Å². The number of morpholine rings is 1. The molecular formula is C18H16F3N3O. The largest absolute Gasteiger partial charge is 0.379 e. The average molecular weight is 347 g/mol. The van der Waals surface area contributed by atoms with Gasteiger partial charge < -0.3 is 4.74 Å². The number of hydrogen-bond acceptors (Lipinski definition) is 3. The maximum Gasteiger partial charge on any atom is 0.239 e. The Morgan fingerprint density at radius 3 is 2.60 bits per heavy atom. The summed E-state index contributed by atoms with van der Waals surface area (Å²) in [5, 5.41) is 0. The summed E-state index contributed by atoms with van der Waals surface area (Å²) in [6.07, 6.45) is 1.67. The molecule has 0 aliphatic carbocycles. The number of ether oxygens (including phenoxy) is 1. The van der Waals surface area contributed by atoms with Crippen molar-refractivity contribution in [2.75, 3.05) is 26.3 Å². The summed E-state index contributed by atoms with van der Waals surface area (Å²) in [5.41, 5.74) is 1.47. The second kappa shape index (κ2) is 6.50. The van der Waals surface area contributed by atoms with Gasteiger partial charge in [-0.15, -0.1) is 0 Å². The Hall–Kier alpha value is -2.38. The zero-order valence-electron chi connectivity index (χ0n) is 13.4. The number of pyridine rings is 1. The van der Waals surface area contributed by atoms with E-state index in [2.05, 4.69) is 9.88 Å². The number of rotatable bonds is 3. The van der Waals surface area contributed by atoms with Crippen LogP contribution in [0.4, 0.5) is 13.2 Å². The molecule has 1 fully saturated rings. The summed E-state index contributed by atoms with van der Waals surface area (Å²) in [6, 6.07) is 7.08. The van der Waals surface area contributed by atoms with Gasteiger partial charge in [-0.1, -0.05) is 6.07 Å². The molecule has 0 unspecified atom stereocenters. The zero-order valence-corrected chi connectivity index (χ0v) is 13.4. The van der Waals surface area contributed by atoms with Crippen molar-refractivity contribution in [2.45, 2.75) is 6.54 Å². The minimum atomic E-state index is -0.987. The molecule has 3 aromatic rings. The normalized spacial score (nSPS) is 15.8. The molecule has 0 saturated carbocycles. The van der Waals surface area contributed by atoms with E-state index in [1.54, 1.807) is 16.7 Å². The molecule has 1 aliphatic rings. The molecule has 0 spiro atoms. The quantitative estimate of drug-likeness (QED) is 0.728. The molecule has 3 heterocycles. The van der Waals surface area contributed by atoms with E-state index in [0.717, 1.165) is 30.8 Å². The third-order valence-corrected chi connectivity index (χ3v) is 4.38. The van der Waals surface area contributed by atoms with Crippen molar-refractivity contribution in [2.24, 2.45) is 0 Å². The van der Waals surface area contributed by atoms with Crippen LogP contribution in [0.5, 0.6) is 0 Å². The molecule has 0 atom stereocenters. The first-order chi connectivity index (χ1) is 12.1. The highest BCUT2D eigenvalue weighted by molar-refractivity contribution is 5.65. The lowest BCUT2D eigenvalue weighted by atomic mass is 10.2. The van der Waals surface area contributed by atoms with Gasteiger partial charge in [0.1, 0.15) is 11.3 Å². The van der Waals surface area contributed by atoms with Crippen LogP contribution in [0.1, 0.15) is 5.56 Å². The fourth-order valence-electron chi connectivity index (χ4n) is 3.13. The molecule has 4 rings (SSSR count). The molecule has 7 heteroatoms. The smallest absolute Gasteiger partial charge is 0.239 e. The van der Waals surface area contributed by atoms with Crippen molar-refractivity contribution in [1.29, 1.82) is 0 Å². The zero-order chi connectivity index (χ0) is 17.4. The number of aromatic nitrogens is 2. The van der Waals surface area contributed by atoms with Crippen molar-refractivity contribution in [3.8, 4) is 11.4 Å². The molecule has 1 aromatic carbocycles. The van der Waals surface area contributed by atoms with Crippen LogP contribution in [0.2, 0.25) is 0 Å². The lowest BCUT2D eigenvalue weighted by Crippen LogP contribution is -2.35. The van der Waals surface area contributed by atoms with Crippen LogP contribution in [0.3, 0.4) is 0 Å². The monoisotopic (exact) mass is 347 g/mol. The van der Waals surface area contributed by atoms with Crippen molar-refractivity contribution in [3.63, 3.8) is 0 Å². The highest BCUT2D eigenvalue weighted by Gasteiger charge is 2.19. The van der Waals surface area contributed by atoms with E-state index in [-0.39, 0.29) is 5.82 Å². The third-order valence-electron chi connectivity index (χ3n) is 4.38. The van der Waals surface area contributed by atoms with Crippen molar-refractivity contribution in [3.05, 3.63) is 59.7 Å². The minimum Gasteiger partial charge on any atom is -0.379 e. The van der Waals surface area contributed by atoms with E-state index in [9.17, 15) is 13.2 Å². The lowest BCUT2D eigenvalue weighted by Gasteiger charge is -2.26. The van der Waals surface area contributed by atoms with Gasteiger partial charge in [0, 0.05) is 31.4 Å². The van der Waals surface area contributed by atoms with E-state index in [1.807, 2.05) is 6.07 Å². The Morgan fingerprint density at radius 1 is 1.04 bits per heavy atom. The molecule has 1 saturated heterocycles. The molecule has 2 aromatic heterocycles. The van der Waals surface area contributed by atoms with Gasteiger partial charge in [-0.25, -0.2) is 8.78 Å². The van der Waals surface area contributed by atoms with Crippen LogP contribution in [-0.4, -0.2) is 40.6 Å². The van der Waals surface area contributed by atoms with E-state index < -0.39 is 17.6 Å². The number of imidazole rings is 1. The predicted molar refractivity (Wildman–Crippen MR) is 86.6 cm³/mol. The standard InChI is InChI=1S/C18H16F3N3O/c19-14-4-3-12(10-15(14)20)18-22-17(21)16-13(2-1-5-24(16)18)11-23-6-8-25-9-7-23/h1-5,10H,6-9,11H2. The summed E-state index contributed by atoms with van der Waals surface area (Å²) in [5.74, 6) is -2.31. The van der Waals surface area contributed by atoms with Crippen LogP contribution in [0.15, 0.2) is 36.5 Å². The van der Waals surface area contributed by atoms with E-state index in [0.29, 0.717) is 30.8 Å². The van der Waals surface area contributed by atoms with Gasteiger partial charge in [0.25, 0.3) is 0 Å². The fourth-order valence-corrected chi connectivity index (χ4v) is 3.13. The van der Waals surface area contributed by atoms with Crippen LogP contribution in [0, 0.1) is 17.6 Å². The van der Waals surface area contributed by atoms with E-state index >= 15 is 0 Å². The van der Waals surface area contributed by atoms with E-state index in [1.165, 1.54) is 6.07 Å². The van der Waals surface area contributed by atoms with Gasteiger partial charge >= 0.3 is 0 Å². The first-order valence-corrected chi connectivity index (χ1v) is 8.04. The lowest BCUT2D eigenvalue weighted by molar-refractivity contribution is 0.0343. The van der Waals surface area contributed by atoms with Gasteiger partial charge in [-0.2, -0.15) is 9.37 Å². The Balaban J connectivity index is 1.77. The van der Waals surface area contributed by atoms with E-state index in [4.69, 9.17) is 4.74 Å². The molecule has 0 radical (unpaired) electrons. The van der Waals surface area contributed by atoms with Gasteiger partial charge in [-0.3, -0.25) is 9.30 Å². The second-order valence-corrected chi connectivity index (χ2v) is 6.00. The summed E-state index contributed by atoms with van der Waals surface area (Å²) in [4.78, 5) is 6.13. The Labute approximate surface area is 142 Å². The fraction of sp³-hybridized carbons (Fsp3) is 0.278. The topological polar surface area (TPSA) is 29.8 Å². The maximum absolute atomic E-state index is 14.5. The molecular weight excluding hydrogens is 331 g/mol. The molecule has 4 nitrogen and oxygen atoms in total. The number of hydrogen-bond donors (Lipinski definition) is 0. The minimum absolute atomic E-state index is 0.246. The summed E-state index contributed by atoms with van der Waals surface area (Å²) >= 11 is 0. The van der Waals surface area contributed by atoms with Crippen molar-refractivity contribution < 1.29 is 17.9 Å². The molecule has 0 amide bonds. The first-order valence-electron chi connectivity index (χ1n) is 8.04. The van der Waals surface area contributed by atoms with Crippen LogP contribution in [-0.2, 0) is 11.3 Å². The summed E-state index contributed by atoms with van der Waals surface area (Å²) in [7, 11) is 0. The SMILES string of the molecule is Fc1ccc(-c2nc(F)c3c(CN4CCOCC4)cccn23)cc1F.